The topological polar surface area (TPSA) is 82.0 Å². The van der Waals surface area contributed by atoms with Crippen LogP contribution in [0.1, 0.15) is 16.2 Å². The van der Waals surface area contributed by atoms with Crippen LogP contribution in [0.5, 0.6) is 0 Å². The maximum absolute atomic E-state index is 13.2. The Morgan fingerprint density at radius 1 is 1.07 bits per heavy atom. The second-order valence-electron chi connectivity index (χ2n) is 6.70. The summed E-state index contributed by atoms with van der Waals surface area (Å²) in [5.41, 5.74) is 3.24. The molecule has 4 heterocycles. The quantitative estimate of drug-likeness (QED) is 0.491. The van der Waals surface area contributed by atoms with Gasteiger partial charge >= 0.3 is 0 Å². The number of amides is 1. The number of hydrogen-bond donors (Lipinski definition) is 1. The average molecular weight is 401 g/mol. The monoisotopic (exact) mass is 401 g/mol. The third-order valence-corrected chi connectivity index (χ3v) is 4.60. The van der Waals surface area contributed by atoms with Gasteiger partial charge in [-0.2, -0.15) is 5.10 Å². The molecule has 0 saturated heterocycles. The van der Waals surface area contributed by atoms with Crippen LogP contribution in [-0.2, 0) is 6.54 Å². The lowest BCUT2D eigenvalue weighted by molar-refractivity contribution is 0.102. The highest BCUT2D eigenvalue weighted by molar-refractivity contribution is 6.03. The van der Waals surface area contributed by atoms with E-state index in [4.69, 9.17) is 0 Å². The highest BCUT2D eigenvalue weighted by atomic mass is 19.1. The Hall–Kier alpha value is -4.27. The Morgan fingerprint density at radius 3 is 2.77 bits per heavy atom. The van der Waals surface area contributed by atoms with Crippen LogP contribution >= 0.6 is 0 Å². The molecule has 0 spiro atoms. The van der Waals surface area contributed by atoms with Crippen LogP contribution < -0.4 is 5.32 Å². The molecule has 0 aliphatic heterocycles. The van der Waals surface area contributed by atoms with E-state index in [-0.39, 0.29) is 11.7 Å². The van der Waals surface area contributed by atoms with Crippen LogP contribution in [0.3, 0.4) is 0 Å². The Bertz CT molecular complexity index is 1300. The predicted octanol–water partition coefficient (Wildman–Crippen LogP) is 3.16. The Labute approximate surface area is 170 Å². The number of carbonyl (C=O) groups excluding carboxylic acids is 1. The molecule has 1 N–H and O–H groups in total. The number of hydrogen-bond acceptors (Lipinski definition) is 4. The summed E-state index contributed by atoms with van der Waals surface area (Å²) >= 11 is 0. The largest absolute Gasteiger partial charge is 0.318 e. The van der Waals surface area contributed by atoms with E-state index in [2.05, 4.69) is 20.4 Å². The van der Waals surface area contributed by atoms with Gasteiger partial charge in [-0.15, -0.1) is 0 Å². The standard InChI is InChI=1S/C21H16FN7O/c22-15-4-6-18(7-5-15)29-14-23-10-19(29)21(30)26-16-9-24-28(12-16)13-17-11-27-8-2-1-3-20(27)25-17/h1-12,14H,13H2,(H,26,30). The lowest BCUT2D eigenvalue weighted by atomic mass is 10.3. The van der Waals surface area contributed by atoms with Gasteiger partial charge in [0.15, 0.2) is 0 Å². The van der Waals surface area contributed by atoms with Crippen LogP contribution in [0.4, 0.5) is 10.1 Å². The molecule has 4 aromatic heterocycles. The molecule has 0 aliphatic rings. The molecule has 1 aromatic carbocycles. The molecule has 8 nitrogen and oxygen atoms in total. The number of rotatable bonds is 5. The highest BCUT2D eigenvalue weighted by Gasteiger charge is 2.14. The summed E-state index contributed by atoms with van der Waals surface area (Å²) in [5, 5.41) is 7.11. The Kier molecular flexibility index (Phi) is 4.32. The molecule has 30 heavy (non-hydrogen) atoms. The van der Waals surface area contributed by atoms with E-state index in [1.165, 1.54) is 24.7 Å². The van der Waals surface area contributed by atoms with E-state index in [9.17, 15) is 9.18 Å². The van der Waals surface area contributed by atoms with Crippen molar-refractivity contribution in [3.63, 3.8) is 0 Å². The van der Waals surface area contributed by atoms with Crippen molar-refractivity contribution in [3.05, 3.63) is 97.0 Å². The van der Waals surface area contributed by atoms with Crippen molar-refractivity contribution in [1.82, 2.24) is 28.7 Å². The summed E-state index contributed by atoms with van der Waals surface area (Å²) in [5.74, 6) is -0.688. The van der Waals surface area contributed by atoms with E-state index >= 15 is 0 Å². The fraction of sp³-hybridized carbons (Fsp3) is 0.0476. The van der Waals surface area contributed by atoms with E-state index in [0.29, 0.717) is 23.6 Å². The second-order valence-corrected chi connectivity index (χ2v) is 6.70. The summed E-state index contributed by atoms with van der Waals surface area (Å²) in [6, 6.07) is 11.6. The average Bonchev–Trinajstić information content (AvgIpc) is 3.48. The van der Waals surface area contributed by atoms with E-state index in [1.807, 2.05) is 35.0 Å². The number of nitrogens with one attached hydrogen (secondary N) is 1. The van der Waals surface area contributed by atoms with Crippen LogP contribution in [0, 0.1) is 5.82 Å². The zero-order valence-corrected chi connectivity index (χ0v) is 15.7. The van der Waals surface area contributed by atoms with Crippen LogP contribution in [0.25, 0.3) is 11.3 Å². The number of anilines is 1. The molecule has 148 valence electrons. The maximum Gasteiger partial charge on any atom is 0.274 e. The summed E-state index contributed by atoms with van der Waals surface area (Å²) in [6.07, 6.45) is 10.2. The first-order valence-corrected chi connectivity index (χ1v) is 9.20. The third-order valence-electron chi connectivity index (χ3n) is 4.60. The van der Waals surface area contributed by atoms with Crippen molar-refractivity contribution in [2.45, 2.75) is 6.54 Å². The van der Waals surface area contributed by atoms with Gasteiger partial charge in [0.2, 0.25) is 0 Å². The van der Waals surface area contributed by atoms with Gasteiger partial charge in [-0.25, -0.2) is 14.4 Å². The molecule has 0 radical (unpaired) electrons. The number of fused-ring (bicyclic) bond motifs is 1. The van der Waals surface area contributed by atoms with Gasteiger partial charge in [-0.3, -0.25) is 14.0 Å². The zero-order valence-electron chi connectivity index (χ0n) is 15.7. The minimum absolute atomic E-state index is 0.328. The van der Waals surface area contributed by atoms with Gasteiger partial charge in [-0.05, 0) is 36.4 Å². The van der Waals surface area contributed by atoms with Crippen LogP contribution in [0.2, 0.25) is 0 Å². The van der Waals surface area contributed by atoms with Gasteiger partial charge in [0.25, 0.3) is 5.91 Å². The molecule has 0 aliphatic carbocycles. The normalized spacial score (nSPS) is 11.1. The van der Waals surface area contributed by atoms with Crippen LogP contribution in [-0.4, -0.2) is 34.6 Å². The summed E-state index contributed by atoms with van der Waals surface area (Å²) < 4.78 is 18.4. The molecule has 0 bridgehead atoms. The fourth-order valence-electron chi connectivity index (χ4n) is 3.21. The lowest BCUT2D eigenvalue weighted by Gasteiger charge is -2.07. The second kappa shape index (κ2) is 7.28. The van der Waals surface area contributed by atoms with Crippen molar-refractivity contribution in [2.75, 3.05) is 5.32 Å². The summed E-state index contributed by atoms with van der Waals surface area (Å²) in [4.78, 5) is 21.3. The minimum Gasteiger partial charge on any atom is -0.318 e. The first-order chi connectivity index (χ1) is 14.7. The number of pyridine rings is 1. The molecule has 1 amide bonds. The zero-order chi connectivity index (χ0) is 20.5. The number of halogens is 1. The smallest absolute Gasteiger partial charge is 0.274 e. The minimum atomic E-state index is -0.345. The predicted molar refractivity (Wildman–Crippen MR) is 108 cm³/mol. The molecule has 0 atom stereocenters. The van der Waals surface area contributed by atoms with Crippen molar-refractivity contribution in [1.29, 1.82) is 0 Å². The van der Waals surface area contributed by atoms with Crippen molar-refractivity contribution in [2.24, 2.45) is 0 Å². The summed E-state index contributed by atoms with van der Waals surface area (Å²) in [7, 11) is 0. The number of benzene rings is 1. The first kappa shape index (κ1) is 17.8. The van der Waals surface area contributed by atoms with Gasteiger partial charge in [0.1, 0.15) is 17.2 Å². The molecular formula is C21H16FN7O. The Morgan fingerprint density at radius 2 is 1.93 bits per heavy atom. The van der Waals surface area contributed by atoms with Crippen molar-refractivity contribution in [3.8, 4) is 5.69 Å². The molecule has 0 saturated carbocycles. The fourth-order valence-corrected chi connectivity index (χ4v) is 3.21. The van der Waals surface area contributed by atoms with Crippen molar-refractivity contribution >= 4 is 17.2 Å². The lowest BCUT2D eigenvalue weighted by Crippen LogP contribution is -2.15. The number of imidazole rings is 2. The van der Waals surface area contributed by atoms with Gasteiger partial charge in [0, 0.05) is 24.3 Å². The maximum atomic E-state index is 13.2. The molecule has 0 unspecified atom stereocenters. The number of carbonyl (C=O) groups is 1. The number of aromatic nitrogens is 6. The van der Waals surface area contributed by atoms with Crippen LogP contribution in [0.15, 0.2) is 79.8 Å². The molecule has 5 rings (SSSR count). The number of nitrogens with zero attached hydrogens (tertiary/aromatic N) is 6. The Balaban J connectivity index is 1.31. The van der Waals surface area contributed by atoms with Gasteiger partial charge in [-0.1, -0.05) is 6.07 Å². The molecule has 5 aromatic rings. The van der Waals surface area contributed by atoms with Crippen molar-refractivity contribution < 1.29 is 9.18 Å². The summed E-state index contributed by atoms with van der Waals surface area (Å²) in [6.45, 7) is 0.477. The van der Waals surface area contributed by atoms with E-state index < -0.39 is 0 Å². The third kappa shape index (κ3) is 3.44. The molecular weight excluding hydrogens is 385 g/mol. The SMILES string of the molecule is O=C(Nc1cnn(Cc2cn3ccccc3n2)c1)c1cncn1-c1ccc(F)cc1. The van der Waals surface area contributed by atoms with E-state index in [1.54, 1.807) is 33.8 Å². The first-order valence-electron chi connectivity index (χ1n) is 9.20. The van der Waals surface area contributed by atoms with E-state index in [0.717, 1.165) is 11.3 Å². The van der Waals surface area contributed by atoms with Gasteiger partial charge in [0.05, 0.1) is 36.6 Å². The van der Waals surface area contributed by atoms with Gasteiger partial charge < -0.3 is 9.72 Å². The molecule has 9 heteroatoms. The molecule has 0 fully saturated rings. The highest BCUT2D eigenvalue weighted by Crippen LogP contribution is 2.15.